The maximum Gasteiger partial charge on any atom is 0.156 e. The lowest BCUT2D eigenvalue weighted by Gasteiger charge is -2.73. The van der Waals surface area contributed by atoms with Crippen LogP contribution in [0.2, 0.25) is 17.5 Å². The van der Waals surface area contributed by atoms with Crippen LogP contribution in [-0.4, -0.2) is 75.8 Å². The third kappa shape index (κ3) is 14.3. The zero-order chi connectivity index (χ0) is 74.3. The highest BCUT2D eigenvalue weighted by atomic mass is 15.3. The number of rotatable bonds is 11. The van der Waals surface area contributed by atoms with Gasteiger partial charge in [-0.1, -0.05) is 290 Å². The van der Waals surface area contributed by atoms with Crippen LogP contribution in [0.4, 0.5) is 0 Å². The van der Waals surface area contributed by atoms with Crippen LogP contribution in [0.5, 0.6) is 0 Å². The fourth-order valence-electron chi connectivity index (χ4n) is 41.6. The number of nitrogens with zero attached hydrogens (tertiary/aromatic N) is 3. The molecule has 0 aromatic heterocycles. The zero-order valence-corrected chi connectivity index (χ0v) is 73.9. The van der Waals surface area contributed by atoms with Crippen LogP contribution in [0.25, 0.3) is 0 Å². The topological polar surface area (TPSA) is 9.72 Å². The second kappa shape index (κ2) is 33.5. The van der Waals surface area contributed by atoms with E-state index in [-0.39, 0.29) is 0 Å². The first-order valence-electron chi connectivity index (χ1n) is 54.5. The summed E-state index contributed by atoms with van der Waals surface area (Å²) >= 11 is 0. The van der Waals surface area contributed by atoms with E-state index in [1.807, 2.05) is 0 Å². The van der Waals surface area contributed by atoms with E-state index in [0.29, 0.717) is 5.41 Å². The fraction of sp³-hybridized carbons (Fsp3) is 1.00. The van der Waals surface area contributed by atoms with Gasteiger partial charge in [0.25, 0.3) is 0 Å². The minimum Gasteiger partial charge on any atom is -0.295 e. The number of fused-ring (bicyclic) bond motifs is 9. The van der Waals surface area contributed by atoms with E-state index >= 15 is 0 Å². The van der Waals surface area contributed by atoms with E-state index in [9.17, 15) is 0 Å². The molecule has 3 saturated heterocycles. The number of likely N-dealkylation sites (tertiary alicyclic amines) is 1. The van der Waals surface area contributed by atoms with Gasteiger partial charge in [0.15, 0.2) is 6.71 Å². The highest BCUT2D eigenvalue weighted by Crippen LogP contribution is 2.72. The van der Waals surface area contributed by atoms with Crippen molar-refractivity contribution in [3.63, 3.8) is 0 Å². The molecule has 0 aromatic carbocycles. The van der Waals surface area contributed by atoms with Crippen molar-refractivity contribution in [1.29, 1.82) is 0 Å². The van der Waals surface area contributed by atoms with Crippen molar-refractivity contribution in [2.75, 3.05) is 0 Å². The first-order valence-corrected chi connectivity index (χ1v) is 54.5. The first kappa shape index (κ1) is 78.0. The van der Waals surface area contributed by atoms with Crippen molar-refractivity contribution in [2.24, 2.45) is 165 Å². The zero-order valence-electron chi connectivity index (χ0n) is 73.9. The third-order valence-corrected chi connectivity index (χ3v) is 45.4. The van der Waals surface area contributed by atoms with Crippen molar-refractivity contribution < 1.29 is 0 Å². The molecule has 628 valence electrons. The largest absolute Gasteiger partial charge is 0.295 e. The maximum atomic E-state index is 4.11. The van der Waals surface area contributed by atoms with Gasteiger partial charge in [-0.05, 0) is 330 Å². The summed E-state index contributed by atoms with van der Waals surface area (Å²) in [6, 6.07) is 7.88. The second-order valence-electron chi connectivity index (χ2n) is 50.2. The van der Waals surface area contributed by atoms with E-state index < -0.39 is 0 Å². The van der Waals surface area contributed by atoms with Gasteiger partial charge in [0, 0.05) is 54.4 Å². The lowest BCUT2D eigenvalue weighted by atomic mass is 9.18. The molecule has 19 saturated carbocycles. The van der Waals surface area contributed by atoms with Gasteiger partial charge in [0.2, 0.25) is 0 Å². The molecule has 27 unspecified atom stereocenters. The standard InChI is InChI=1S/C108H178BN3/c1-108(2,3)83-54-51-71(52-55-83)82-66-101-105-102(67-82)112(107-92(74-37-18-8-19-38-74)62-81(70-31-12-5-13-32-70)63-93(107)75-39-20-9-21-40-75)100-68-84(110-97-49-24-22-44-85(97)86-45-23-25-50-98(86)110)56-57-95(100)109(105)96-65-77(79-59-78-43-28-47-88-87-46-26-41-76-42-27-48-89(103(76)87)94(64-79)104(78)88)53-58-99(96)111(101)106-90(72-33-14-6-15-34-72)60-80(69-29-10-4-11-30-69)61-91(106)73-35-16-7-17-36-73/h69-107H,4-68H2,1-3H3. The monoisotopic (exact) mass is 1530 g/mol. The Morgan fingerprint density at radius 3 is 1.04 bits per heavy atom. The maximum absolute atomic E-state index is 4.11. The smallest absolute Gasteiger partial charge is 0.156 e. The Kier molecular flexibility index (Phi) is 23.4. The normalized spacial score (nSPS) is 50.9. The Bertz CT molecular complexity index is 2950. The van der Waals surface area contributed by atoms with Gasteiger partial charge in [0.05, 0.1) is 0 Å². The summed E-state index contributed by atoms with van der Waals surface area (Å²) in [5.74, 6) is 30.8. The van der Waals surface area contributed by atoms with E-state index in [1.165, 1.54) is 0 Å². The summed E-state index contributed by atoms with van der Waals surface area (Å²) in [6.45, 7) is 9.03. The highest BCUT2D eigenvalue weighted by Gasteiger charge is 2.71. The predicted octanol–water partition coefficient (Wildman–Crippen LogP) is 29.2. The molecule has 0 amide bonds. The summed E-state index contributed by atoms with van der Waals surface area (Å²) in [5, 5.41) is 0. The van der Waals surface area contributed by atoms with Crippen LogP contribution in [0.3, 0.4) is 0 Å². The van der Waals surface area contributed by atoms with Crippen molar-refractivity contribution in [2.45, 2.75) is 510 Å². The molecule has 0 bridgehead atoms. The van der Waals surface area contributed by atoms with Gasteiger partial charge in [0.1, 0.15) is 0 Å². The van der Waals surface area contributed by atoms with Gasteiger partial charge in [-0.25, -0.2) is 0 Å². The minimum absolute atomic E-state index is 0.449. The van der Waals surface area contributed by atoms with Crippen molar-refractivity contribution in [3.8, 4) is 0 Å². The van der Waals surface area contributed by atoms with Gasteiger partial charge in [-0.15, -0.1) is 0 Å². The molecular formula is C108H178BN3. The van der Waals surface area contributed by atoms with E-state index in [0.717, 1.165) is 238 Å². The Morgan fingerprint density at radius 1 is 0.196 bits per heavy atom. The predicted molar refractivity (Wildman–Crippen MR) is 470 cm³/mol. The van der Waals surface area contributed by atoms with Crippen LogP contribution in [-0.2, 0) is 0 Å². The van der Waals surface area contributed by atoms with E-state index in [2.05, 4.69) is 35.5 Å². The number of hydrogen-bond acceptors (Lipinski definition) is 3. The molecule has 27 atom stereocenters. The molecule has 0 aromatic rings. The molecule has 0 N–H and O–H groups in total. The van der Waals surface area contributed by atoms with Crippen LogP contribution >= 0.6 is 0 Å². The molecule has 112 heavy (non-hydrogen) atoms. The summed E-state index contributed by atoms with van der Waals surface area (Å²) in [5.41, 5.74) is 0.449. The quantitative estimate of drug-likeness (QED) is 0.191. The van der Waals surface area contributed by atoms with Crippen LogP contribution in [0.1, 0.15) is 438 Å². The molecule has 19 aliphatic carbocycles. The summed E-state index contributed by atoms with van der Waals surface area (Å²) in [4.78, 5) is 11.8. The average Bonchev–Trinajstić information content (AvgIpc) is 0.697. The Balaban J connectivity index is 0.726. The van der Waals surface area contributed by atoms with Crippen molar-refractivity contribution in [1.82, 2.24) is 14.7 Å². The molecule has 3 nitrogen and oxygen atoms in total. The molecule has 0 spiro atoms. The minimum atomic E-state index is 0.449. The number of hydrogen-bond donors (Lipinski definition) is 0. The summed E-state index contributed by atoms with van der Waals surface area (Å²) < 4.78 is 0. The van der Waals surface area contributed by atoms with E-state index in [1.54, 1.807) is 417 Å². The fourth-order valence-corrected chi connectivity index (χ4v) is 41.6. The van der Waals surface area contributed by atoms with Crippen LogP contribution in [0.15, 0.2) is 0 Å². The molecule has 22 rings (SSSR count). The van der Waals surface area contributed by atoms with Crippen LogP contribution in [0, 0.1) is 165 Å². The van der Waals surface area contributed by atoms with Gasteiger partial charge in [-0.2, -0.15) is 0 Å². The lowest BCUT2D eigenvalue weighted by molar-refractivity contribution is -0.155. The molecule has 3 heterocycles. The molecule has 22 fully saturated rings. The Morgan fingerprint density at radius 2 is 0.562 bits per heavy atom. The third-order valence-electron chi connectivity index (χ3n) is 45.4. The molecule has 22 aliphatic rings. The van der Waals surface area contributed by atoms with Crippen molar-refractivity contribution in [3.05, 3.63) is 0 Å². The molecule has 0 radical (unpaired) electrons. The van der Waals surface area contributed by atoms with E-state index in [4.69, 9.17) is 0 Å². The highest BCUT2D eigenvalue weighted by molar-refractivity contribution is 6.65. The van der Waals surface area contributed by atoms with Crippen molar-refractivity contribution >= 4 is 6.71 Å². The second-order valence-corrected chi connectivity index (χ2v) is 50.2. The molecular weight excluding hydrogens is 1350 g/mol. The molecule has 4 heteroatoms. The summed E-state index contributed by atoms with van der Waals surface area (Å²) in [7, 11) is 0. The van der Waals surface area contributed by atoms with Gasteiger partial charge in [-0.3, -0.25) is 14.7 Å². The SMILES string of the molecule is CC(C)(C)C1CCC(C2CC3C4B(C5CC(C6CC7CCCC8C9CCCC%10CCCC(C(C6)C78)C%109)CCC5N3C3C(C5CCCCC5)CC(C5CCCCC5)CC3C3CCCCC3)C3CCC(N5C6CCCCC6C6CCCCC65)CC3N(C3C(C5CCCCC5)CC(C5CCCCC5)CC3C3CCCCC3)C4C2)CC1. The Labute approximate surface area is 692 Å². The Hall–Kier alpha value is -0.0551. The lowest BCUT2D eigenvalue weighted by Crippen LogP contribution is -2.77. The first-order chi connectivity index (χ1) is 55.2. The molecule has 3 aliphatic heterocycles. The average molecular weight is 1530 g/mol. The summed E-state index contributed by atoms with van der Waals surface area (Å²) in [6.07, 6.45) is 104. The van der Waals surface area contributed by atoms with Crippen LogP contribution < -0.4 is 0 Å². The van der Waals surface area contributed by atoms with Gasteiger partial charge < -0.3 is 0 Å². The van der Waals surface area contributed by atoms with Gasteiger partial charge >= 0.3 is 0 Å².